The molecule has 2 aromatic rings. The van der Waals surface area contributed by atoms with E-state index in [-0.39, 0.29) is 0 Å². The average molecular weight is 293 g/mol. The highest BCUT2D eigenvalue weighted by Gasteiger charge is 2.07. The number of rotatable bonds is 8. The van der Waals surface area contributed by atoms with Crippen molar-refractivity contribution in [2.75, 3.05) is 6.61 Å². The molecule has 114 valence electrons. The largest absolute Gasteiger partial charge is 0.493 e. The normalized spacial score (nSPS) is 10.2. The van der Waals surface area contributed by atoms with Gasteiger partial charge in [0.25, 0.3) is 0 Å². The Kier molecular flexibility index (Phi) is 6.51. The highest BCUT2D eigenvalue weighted by Crippen LogP contribution is 2.31. The number of nitrogens with zero attached hydrogens (tertiary/aromatic N) is 1. The Balaban J connectivity index is 2.06. The molecule has 0 aliphatic carbocycles. The molecule has 0 fully saturated rings. The van der Waals surface area contributed by atoms with Gasteiger partial charge in [-0.05, 0) is 30.2 Å². The smallest absolute Gasteiger partial charge is 0.128 e. The molecule has 0 N–H and O–H groups in total. The van der Waals surface area contributed by atoms with E-state index in [0.29, 0.717) is 12.2 Å². The average Bonchev–Trinajstić information content (AvgIpc) is 2.58. The Hall–Kier alpha value is -2.27. The highest BCUT2D eigenvalue weighted by atomic mass is 16.5. The van der Waals surface area contributed by atoms with E-state index in [0.717, 1.165) is 23.3 Å². The van der Waals surface area contributed by atoms with Crippen molar-refractivity contribution in [2.45, 2.75) is 39.0 Å². The fraction of sp³-hybridized carbons (Fsp3) is 0.350. The van der Waals surface area contributed by atoms with Gasteiger partial charge in [0, 0.05) is 5.56 Å². The van der Waals surface area contributed by atoms with E-state index in [1.165, 1.54) is 25.7 Å². The predicted octanol–water partition coefficient (Wildman–Crippen LogP) is 5.57. The van der Waals surface area contributed by atoms with Crippen molar-refractivity contribution in [1.29, 1.82) is 5.26 Å². The van der Waals surface area contributed by atoms with Gasteiger partial charge in [0.05, 0.1) is 18.2 Å². The van der Waals surface area contributed by atoms with Gasteiger partial charge in [0.2, 0.25) is 0 Å². The van der Waals surface area contributed by atoms with Crippen molar-refractivity contribution in [2.24, 2.45) is 0 Å². The molecule has 2 aromatic carbocycles. The zero-order valence-electron chi connectivity index (χ0n) is 13.2. The van der Waals surface area contributed by atoms with Gasteiger partial charge in [0.15, 0.2) is 0 Å². The van der Waals surface area contributed by atoms with Crippen molar-refractivity contribution >= 4 is 0 Å². The van der Waals surface area contributed by atoms with E-state index in [4.69, 9.17) is 10.00 Å². The van der Waals surface area contributed by atoms with E-state index in [2.05, 4.69) is 25.1 Å². The molecule has 22 heavy (non-hydrogen) atoms. The Morgan fingerprint density at radius 2 is 1.73 bits per heavy atom. The fourth-order valence-corrected chi connectivity index (χ4v) is 2.46. The van der Waals surface area contributed by atoms with E-state index < -0.39 is 0 Å². The maximum atomic E-state index is 9.09. The first-order chi connectivity index (χ1) is 10.8. The van der Waals surface area contributed by atoms with Crippen LogP contribution in [-0.2, 0) is 0 Å². The summed E-state index contributed by atoms with van der Waals surface area (Å²) in [4.78, 5) is 0. The van der Waals surface area contributed by atoms with Crippen LogP contribution in [0.3, 0.4) is 0 Å². The minimum Gasteiger partial charge on any atom is -0.493 e. The third kappa shape index (κ3) is 4.63. The van der Waals surface area contributed by atoms with E-state index in [1.807, 2.05) is 36.4 Å². The number of benzene rings is 2. The lowest BCUT2D eigenvalue weighted by Gasteiger charge is -2.12. The summed E-state index contributed by atoms with van der Waals surface area (Å²) in [5.74, 6) is 0.806. The maximum absolute atomic E-state index is 9.09. The van der Waals surface area contributed by atoms with Gasteiger partial charge < -0.3 is 4.74 Å². The first-order valence-electron chi connectivity index (χ1n) is 8.07. The SMILES string of the molecule is CCCCCCCOc1cc(C#N)ccc1-c1ccccc1. The zero-order valence-corrected chi connectivity index (χ0v) is 13.2. The summed E-state index contributed by atoms with van der Waals surface area (Å²) in [5.41, 5.74) is 2.81. The van der Waals surface area contributed by atoms with Crippen LogP contribution < -0.4 is 4.74 Å². The van der Waals surface area contributed by atoms with Crippen LogP contribution in [0, 0.1) is 11.3 Å². The molecule has 0 saturated heterocycles. The molecule has 0 unspecified atom stereocenters. The van der Waals surface area contributed by atoms with Crippen molar-refractivity contribution in [1.82, 2.24) is 0 Å². The summed E-state index contributed by atoms with van der Waals surface area (Å²) in [5, 5.41) is 9.09. The molecule has 2 heteroatoms. The molecule has 0 bridgehead atoms. The summed E-state index contributed by atoms with van der Waals surface area (Å²) in [6, 6.07) is 18.0. The van der Waals surface area contributed by atoms with E-state index >= 15 is 0 Å². The number of hydrogen-bond donors (Lipinski definition) is 0. The van der Waals surface area contributed by atoms with Crippen molar-refractivity contribution in [3.8, 4) is 22.9 Å². The number of nitriles is 1. The Morgan fingerprint density at radius 1 is 0.955 bits per heavy atom. The summed E-state index contributed by atoms with van der Waals surface area (Å²) in [6.45, 7) is 2.93. The quantitative estimate of drug-likeness (QED) is 0.596. The molecule has 0 aliphatic heterocycles. The van der Waals surface area contributed by atoms with Gasteiger partial charge in [-0.25, -0.2) is 0 Å². The third-order valence-corrected chi connectivity index (χ3v) is 3.70. The lowest BCUT2D eigenvalue weighted by atomic mass is 10.0. The Bertz CT molecular complexity index is 613. The number of hydrogen-bond acceptors (Lipinski definition) is 2. The molecule has 0 aliphatic rings. The van der Waals surface area contributed by atoms with Crippen molar-refractivity contribution in [3.05, 3.63) is 54.1 Å². The first kappa shape index (κ1) is 16.1. The molecule has 0 aromatic heterocycles. The van der Waals surface area contributed by atoms with E-state index in [9.17, 15) is 0 Å². The molecule has 0 saturated carbocycles. The van der Waals surface area contributed by atoms with E-state index in [1.54, 1.807) is 0 Å². The van der Waals surface area contributed by atoms with Crippen LogP contribution in [0.4, 0.5) is 0 Å². The lowest BCUT2D eigenvalue weighted by Crippen LogP contribution is -1.99. The Labute approximate surface area is 133 Å². The summed E-state index contributed by atoms with van der Waals surface area (Å²) < 4.78 is 5.96. The van der Waals surface area contributed by atoms with Gasteiger partial charge in [0.1, 0.15) is 5.75 Å². The summed E-state index contributed by atoms with van der Waals surface area (Å²) >= 11 is 0. The van der Waals surface area contributed by atoms with Crippen LogP contribution in [0.2, 0.25) is 0 Å². The molecule has 2 nitrogen and oxygen atoms in total. The van der Waals surface area contributed by atoms with Gasteiger partial charge in [-0.15, -0.1) is 0 Å². The Morgan fingerprint density at radius 3 is 2.45 bits per heavy atom. The van der Waals surface area contributed by atoms with Crippen molar-refractivity contribution in [3.63, 3.8) is 0 Å². The second-order valence-corrected chi connectivity index (χ2v) is 5.45. The molecular formula is C20H23NO. The molecule has 0 amide bonds. The minimum atomic E-state index is 0.640. The molecule has 2 rings (SSSR count). The van der Waals surface area contributed by atoms with Gasteiger partial charge in [-0.3, -0.25) is 0 Å². The third-order valence-electron chi connectivity index (χ3n) is 3.70. The topological polar surface area (TPSA) is 33.0 Å². The van der Waals surface area contributed by atoms with Crippen LogP contribution in [0.1, 0.15) is 44.6 Å². The van der Waals surface area contributed by atoms with Crippen LogP contribution in [-0.4, -0.2) is 6.61 Å². The van der Waals surface area contributed by atoms with Gasteiger partial charge in [-0.2, -0.15) is 5.26 Å². The van der Waals surface area contributed by atoms with Crippen LogP contribution >= 0.6 is 0 Å². The zero-order chi connectivity index (χ0) is 15.6. The van der Waals surface area contributed by atoms with Crippen LogP contribution in [0.15, 0.2) is 48.5 Å². The van der Waals surface area contributed by atoms with Crippen molar-refractivity contribution < 1.29 is 4.74 Å². The maximum Gasteiger partial charge on any atom is 0.128 e. The molecule has 0 atom stereocenters. The number of unbranched alkanes of at least 4 members (excludes halogenated alkanes) is 4. The minimum absolute atomic E-state index is 0.640. The second kappa shape index (κ2) is 8.89. The molecular weight excluding hydrogens is 270 g/mol. The standard InChI is InChI=1S/C20H23NO/c1-2-3-4-5-9-14-22-20-15-17(16-21)12-13-19(20)18-10-7-6-8-11-18/h6-8,10-13,15H,2-5,9,14H2,1H3. The lowest BCUT2D eigenvalue weighted by molar-refractivity contribution is 0.305. The number of ether oxygens (including phenoxy) is 1. The molecule has 0 heterocycles. The highest BCUT2D eigenvalue weighted by molar-refractivity contribution is 5.71. The summed E-state index contributed by atoms with van der Waals surface area (Å²) in [7, 11) is 0. The monoisotopic (exact) mass is 293 g/mol. The second-order valence-electron chi connectivity index (χ2n) is 5.45. The van der Waals surface area contributed by atoms with Crippen LogP contribution in [0.25, 0.3) is 11.1 Å². The molecule has 0 radical (unpaired) electrons. The van der Waals surface area contributed by atoms with Gasteiger partial charge >= 0.3 is 0 Å². The fourth-order valence-electron chi connectivity index (χ4n) is 2.46. The molecule has 0 spiro atoms. The van der Waals surface area contributed by atoms with Gasteiger partial charge in [-0.1, -0.05) is 62.9 Å². The van der Waals surface area contributed by atoms with Crippen LogP contribution in [0.5, 0.6) is 5.75 Å². The summed E-state index contributed by atoms with van der Waals surface area (Å²) in [6.07, 6.45) is 6.07. The predicted molar refractivity (Wildman–Crippen MR) is 90.8 cm³/mol. The first-order valence-corrected chi connectivity index (χ1v) is 8.07.